The van der Waals surface area contributed by atoms with Gasteiger partial charge in [0.2, 0.25) is 0 Å². The zero-order chi connectivity index (χ0) is 26.4. The Bertz CT molecular complexity index is 1700. The van der Waals surface area contributed by atoms with Gasteiger partial charge in [0.1, 0.15) is 5.75 Å². The van der Waals surface area contributed by atoms with Crippen molar-refractivity contribution in [2.75, 3.05) is 0 Å². The molecule has 0 spiro atoms. The molecule has 0 unspecified atom stereocenters. The normalized spacial score (nSPS) is 10.7. The topological polar surface area (TPSA) is 93.9 Å². The van der Waals surface area contributed by atoms with Crippen LogP contribution in [0.15, 0.2) is 122 Å². The second-order valence-electron chi connectivity index (χ2n) is 8.62. The lowest BCUT2D eigenvalue weighted by Gasteiger charge is -2.13. The Balaban J connectivity index is 1.47. The first-order valence-electron chi connectivity index (χ1n) is 12.3. The molecule has 0 bridgehead atoms. The molecule has 0 aliphatic heterocycles. The van der Waals surface area contributed by atoms with Gasteiger partial charge in [0.15, 0.2) is 23.3 Å². The molecular weight excluding hydrogens is 485 g/mol. The fourth-order valence-electron chi connectivity index (χ4n) is 4.24. The molecule has 2 heterocycles. The van der Waals surface area contributed by atoms with Crippen molar-refractivity contribution in [1.29, 1.82) is 0 Å². The van der Waals surface area contributed by atoms with E-state index in [1.807, 2.05) is 97.1 Å². The Morgan fingerprint density at radius 2 is 0.974 bits per heavy atom. The largest absolute Gasteiger partial charge is 0.569 e. The zero-order valence-corrected chi connectivity index (χ0v) is 20.7. The van der Waals surface area contributed by atoms with E-state index in [4.69, 9.17) is 19.6 Å². The number of nitrogens with zero attached hydrogens (tertiary/aromatic N) is 5. The highest BCUT2D eigenvalue weighted by Gasteiger charge is 2.15. The van der Waals surface area contributed by atoms with Gasteiger partial charge in [-0.1, -0.05) is 84.9 Å². The molecule has 0 aliphatic rings. The van der Waals surface area contributed by atoms with Crippen LogP contribution in [0.4, 0.5) is 0 Å². The van der Waals surface area contributed by atoms with Gasteiger partial charge in [0, 0.05) is 40.2 Å². The minimum atomic E-state index is 0.517. The van der Waals surface area contributed by atoms with Crippen LogP contribution in [0.5, 0.6) is 5.75 Å². The minimum absolute atomic E-state index is 0.517. The average molecular weight is 506 g/mol. The van der Waals surface area contributed by atoms with Crippen LogP contribution in [-0.2, 0) is 0 Å². The molecule has 0 fully saturated rings. The van der Waals surface area contributed by atoms with Gasteiger partial charge in [-0.05, 0) is 29.8 Å². The van der Waals surface area contributed by atoms with Crippen molar-refractivity contribution >= 4 is 7.69 Å². The molecule has 0 aliphatic carbocycles. The summed E-state index contributed by atoms with van der Waals surface area (Å²) in [6.45, 7) is 0. The fourth-order valence-corrected chi connectivity index (χ4v) is 4.24. The lowest BCUT2D eigenvalue weighted by atomic mass is 10.0. The molecule has 8 heteroatoms. The van der Waals surface area contributed by atoms with Crippen molar-refractivity contribution in [2.45, 2.75) is 0 Å². The third-order valence-electron chi connectivity index (χ3n) is 6.14. The molecule has 1 radical (unpaired) electrons. The third-order valence-corrected chi connectivity index (χ3v) is 6.14. The summed E-state index contributed by atoms with van der Waals surface area (Å²) >= 11 is 0. The Hall–Kier alpha value is -5.21. The summed E-state index contributed by atoms with van der Waals surface area (Å²) in [5.74, 6) is 2.80. The number of rotatable bonds is 7. The summed E-state index contributed by atoms with van der Waals surface area (Å²) in [5, 5.41) is 9.31. The molecule has 6 rings (SSSR count). The predicted octanol–water partition coefficient (Wildman–Crippen LogP) is 5.90. The smallest absolute Gasteiger partial charge is 0.537 e. The van der Waals surface area contributed by atoms with Crippen molar-refractivity contribution < 1.29 is 9.68 Å². The summed E-state index contributed by atoms with van der Waals surface area (Å²) in [7, 11) is 0.681. The highest BCUT2D eigenvalue weighted by atomic mass is 16.5. The molecule has 0 saturated heterocycles. The Morgan fingerprint density at radius 3 is 1.56 bits per heavy atom. The van der Waals surface area contributed by atoms with Gasteiger partial charge in [0.25, 0.3) is 0 Å². The van der Waals surface area contributed by atoms with Gasteiger partial charge >= 0.3 is 7.69 Å². The monoisotopic (exact) mass is 506 g/mol. The predicted molar refractivity (Wildman–Crippen MR) is 151 cm³/mol. The fraction of sp³-hybridized carbons (Fsp3) is 0. The quantitative estimate of drug-likeness (QED) is 0.270. The molecule has 0 saturated carbocycles. The first-order valence-corrected chi connectivity index (χ1v) is 12.3. The summed E-state index contributed by atoms with van der Waals surface area (Å²) in [4.78, 5) is 23.2. The van der Waals surface area contributed by atoms with Gasteiger partial charge in [-0.15, -0.1) is 0 Å². The second kappa shape index (κ2) is 11.0. The van der Waals surface area contributed by atoms with Crippen molar-refractivity contribution in [1.82, 2.24) is 24.9 Å². The summed E-state index contributed by atoms with van der Waals surface area (Å²) in [6.07, 6.45) is 3.44. The highest BCUT2D eigenvalue weighted by Crippen LogP contribution is 2.34. The van der Waals surface area contributed by atoms with Crippen LogP contribution in [-0.4, -0.2) is 37.6 Å². The van der Waals surface area contributed by atoms with Crippen LogP contribution < -0.4 is 4.65 Å². The molecule has 185 valence electrons. The Labute approximate surface area is 226 Å². The van der Waals surface area contributed by atoms with E-state index in [2.05, 4.69) is 9.97 Å². The molecule has 39 heavy (non-hydrogen) atoms. The van der Waals surface area contributed by atoms with Crippen LogP contribution in [0, 0.1) is 0 Å². The zero-order valence-electron chi connectivity index (χ0n) is 20.7. The number of benzene rings is 4. The first kappa shape index (κ1) is 24.1. The maximum absolute atomic E-state index is 9.31. The Morgan fingerprint density at radius 1 is 0.487 bits per heavy atom. The van der Waals surface area contributed by atoms with Crippen molar-refractivity contribution in [3.8, 4) is 62.4 Å². The van der Waals surface area contributed by atoms with Gasteiger partial charge in [-0.2, -0.15) is 0 Å². The van der Waals surface area contributed by atoms with E-state index in [0.717, 1.165) is 33.4 Å². The SMILES string of the molecule is O[B]Oc1ccc(-c2nc(-c3ccccc3)nc(-c3ccc(-c4ncccn4)cc3)n2)cc1-c1ccccc1. The van der Waals surface area contributed by atoms with E-state index < -0.39 is 0 Å². The molecule has 0 amide bonds. The van der Waals surface area contributed by atoms with Crippen molar-refractivity contribution in [3.63, 3.8) is 0 Å². The highest BCUT2D eigenvalue weighted by molar-refractivity contribution is 6.17. The summed E-state index contributed by atoms with van der Waals surface area (Å²) in [5.41, 5.74) is 5.15. The van der Waals surface area contributed by atoms with Gasteiger partial charge in [0.05, 0.1) is 0 Å². The summed E-state index contributed by atoms with van der Waals surface area (Å²) < 4.78 is 5.38. The average Bonchev–Trinajstić information content (AvgIpc) is 3.02. The molecule has 7 nitrogen and oxygen atoms in total. The molecule has 2 aromatic heterocycles. The molecule has 4 aromatic carbocycles. The number of hydrogen-bond donors (Lipinski definition) is 1. The molecule has 1 N–H and O–H groups in total. The number of hydrogen-bond acceptors (Lipinski definition) is 7. The van der Waals surface area contributed by atoms with E-state index in [9.17, 15) is 5.02 Å². The maximum atomic E-state index is 9.31. The van der Waals surface area contributed by atoms with E-state index in [-0.39, 0.29) is 0 Å². The lowest BCUT2D eigenvalue weighted by molar-refractivity contribution is 0.455. The first-order chi connectivity index (χ1) is 19.3. The summed E-state index contributed by atoms with van der Waals surface area (Å²) in [6, 6.07) is 34.9. The standard InChI is InChI=1S/C31H21BN5O2/c38-32-39-27-17-16-25(20-26(27)21-8-3-1-4-9-21)31-36-29(22-10-5-2-6-11-22)35-30(37-31)24-14-12-23(13-15-24)28-33-18-7-19-34-28/h1-20,38H. The van der Waals surface area contributed by atoms with Crippen LogP contribution in [0.3, 0.4) is 0 Å². The van der Waals surface area contributed by atoms with E-state index in [1.54, 1.807) is 24.5 Å². The van der Waals surface area contributed by atoms with Crippen molar-refractivity contribution in [2.24, 2.45) is 0 Å². The van der Waals surface area contributed by atoms with E-state index in [0.29, 0.717) is 36.7 Å². The van der Waals surface area contributed by atoms with Crippen LogP contribution in [0.1, 0.15) is 0 Å². The van der Waals surface area contributed by atoms with E-state index >= 15 is 0 Å². The van der Waals surface area contributed by atoms with Crippen LogP contribution >= 0.6 is 0 Å². The maximum Gasteiger partial charge on any atom is 0.569 e. The molecular formula is C31H21BN5O2. The van der Waals surface area contributed by atoms with Gasteiger partial charge in [-0.25, -0.2) is 24.9 Å². The van der Waals surface area contributed by atoms with E-state index in [1.165, 1.54) is 0 Å². The minimum Gasteiger partial charge on any atom is -0.537 e. The van der Waals surface area contributed by atoms with Gasteiger partial charge < -0.3 is 9.68 Å². The number of aromatic nitrogens is 5. The molecule has 0 atom stereocenters. The van der Waals surface area contributed by atoms with Crippen molar-refractivity contribution in [3.05, 3.63) is 122 Å². The van der Waals surface area contributed by atoms with Crippen LogP contribution in [0.2, 0.25) is 0 Å². The third kappa shape index (κ3) is 5.27. The van der Waals surface area contributed by atoms with Gasteiger partial charge in [-0.3, -0.25) is 0 Å². The van der Waals surface area contributed by atoms with Crippen LogP contribution in [0.25, 0.3) is 56.7 Å². The second-order valence-corrected chi connectivity index (χ2v) is 8.62. The molecule has 6 aromatic rings. The Kier molecular flexibility index (Phi) is 6.84. The lowest BCUT2D eigenvalue weighted by Crippen LogP contribution is -2.03.